The van der Waals surface area contributed by atoms with Crippen molar-refractivity contribution in [3.05, 3.63) is 53.7 Å². The van der Waals surface area contributed by atoms with E-state index in [1.807, 2.05) is 18.2 Å². The van der Waals surface area contributed by atoms with Crippen LogP contribution in [0.2, 0.25) is 5.02 Å². The minimum absolute atomic E-state index is 0.251. The number of benzene rings is 2. The average Bonchev–Trinajstić information content (AvgIpc) is 2.41. The van der Waals surface area contributed by atoms with Crippen LogP contribution in [0.3, 0.4) is 0 Å². The largest absolute Gasteiger partial charge is 0.508 e. The van der Waals surface area contributed by atoms with E-state index in [4.69, 9.17) is 11.6 Å². The number of aromatic hydroxyl groups is 1. The van der Waals surface area contributed by atoms with E-state index in [1.165, 1.54) is 11.8 Å². The minimum atomic E-state index is 0.251. The molecule has 3 rings (SSSR count). The van der Waals surface area contributed by atoms with Gasteiger partial charge in [0.25, 0.3) is 0 Å². The molecule has 0 aliphatic carbocycles. The van der Waals surface area contributed by atoms with E-state index < -0.39 is 0 Å². The molecular formula is C14H9ClN2OS. The van der Waals surface area contributed by atoms with Gasteiger partial charge in [-0.1, -0.05) is 23.4 Å². The Kier molecular flexibility index (Phi) is 3.27. The van der Waals surface area contributed by atoms with Crippen LogP contribution in [0.15, 0.2) is 58.6 Å². The van der Waals surface area contributed by atoms with E-state index in [1.54, 1.807) is 30.5 Å². The fourth-order valence-electron chi connectivity index (χ4n) is 1.65. The predicted octanol–water partition coefficient (Wildman–Crippen LogP) is 4.14. The summed E-state index contributed by atoms with van der Waals surface area (Å²) in [5, 5.41) is 10.7. The van der Waals surface area contributed by atoms with E-state index in [0.717, 1.165) is 21.0 Å². The molecule has 19 heavy (non-hydrogen) atoms. The molecule has 1 heterocycles. The van der Waals surface area contributed by atoms with E-state index >= 15 is 0 Å². The molecule has 0 atom stereocenters. The predicted molar refractivity (Wildman–Crippen MR) is 76.8 cm³/mol. The summed E-state index contributed by atoms with van der Waals surface area (Å²) in [5.41, 5.74) is 1.59. The zero-order chi connectivity index (χ0) is 13.2. The first-order chi connectivity index (χ1) is 9.20. The van der Waals surface area contributed by atoms with Crippen molar-refractivity contribution in [2.75, 3.05) is 0 Å². The molecule has 0 saturated heterocycles. The van der Waals surface area contributed by atoms with Crippen molar-refractivity contribution >= 4 is 34.4 Å². The Hall–Kier alpha value is -1.78. The summed E-state index contributed by atoms with van der Waals surface area (Å²) in [5.74, 6) is 0.251. The average molecular weight is 289 g/mol. The topological polar surface area (TPSA) is 46.0 Å². The van der Waals surface area contributed by atoms with Crippen molar-refractivity contribution in [3.8, 4) is 5.75 Å². The number of halogens is 1. The van der Waals surface area contributed by atoms with Crippen LogP contribution in [-0.4, -0.2) is 15.1 Å². The highest BCUT2D eigenvalue weighted by molar-refractivity contribution is 7.99. The van der Waals surface area contributed by atoms with Crippen LogP contribution in [0.4, 0.5) is 0 Å². The van der Waals surface area contributed by atoms with Gasteiger partial charge in [-0.3, -0.25) is 4.98 Å². The van der Waals surface area contributed by atoms with Crippen LogP contribution in [0.1, 0.15) is 0 Å². The van der Waals surface area contributed by atoms with Gasteiger partial charge < -0.3 is 5.11 Å². The van der Waals surface area contributed by atoms with Gasteiger partial charge in [-0.25, -0.2) is 4.98 Å². The molecule has 0 aliphatic heterocycles. The van der Waals surface area contributed by atoms with Crippen LogP contribution in [-0.2, 0) is 0 Å². The smallest absolute Gasteiger partial charge is 0.120 e. The molecule has 0 fully saturated rings. The Morgan fingerprint density at radius 2 is 1.79 bits per heavy atom. The molecule has 3 aromatic rings. The van der Waals surface area contributed by atoms with Crippen LogP contribution >= 0.6 is 23.4 Å². The van der Waals surface area contributed by atoms with Crippen molar-refractivity contribution in [1.82, 2.24) is 9.97 Å². The fourth-order valence-corrected chi connectivity index (χ4v) is 2.58. The number of hydrogen-bond donors (Lipinski definition) is 1. The quantitative estimate of drug-likeness (QED) is 0.770. The molecule has 0 spiro atoms. The molecule has 0 bridgehead atoms. The van der Waals surface area contributed by atoms with E-state index in [0.29, 0.717) is 5.02 Å². The molecule has 0 aliphatic rings. The van der Waals surface area contributed by atoms with E-state index in [2.05, 4.69) is 9.97 Å². The first kappa shape index (κ1) is 12.3. The highest BCUT2D eigenvalue weighted by Crippen LogP contribution is 2.28. The van der Waals surface area contributed by atoms with E-state index in [9.17, 15) is 5.11 Å². The maximum Gasteiger partial charge on any atom is 0.120 e. The third kappa shape index (κ3) is 2.80. The summed E-state index contributed by atoms with van der Waals surface area (Å²) in [7, 11) is 0. The van der Waals surface area contributed by atoms with Gasteiger partial charge in [0.2, 0.25) is 0 Å². The molecule has 0 unspecified atom stereocenters. The normalized spacial score (nSPS) is 10.8. The summed E-state index contributed by atoms with van der Waals surface area (Å²) >= 11 is 7.44. The van der Waals surface area contributed by atoms with Gasteiger partial charge >= 0.3 is 0 Å². The maximum atomic E-state index is 9.24. The molecule has 3 nitrogen and oxygen atoms in total. The molecule has 0 saturated carbocycles. The fraction of sp³-hybridized carbons (Fsp3) is 0. The number of phenolic OH excluding ortho intramolecular Hbond substituents is 1. The van der Waals surface area contributed by atoms with Gasteiger partial charge in [-0.2, -0.15) is 0 Å². The summed E-state index contributed by atoms with van der Waals surface area (Å²) in [6, 6.07) is 12.4. The molecule has 94 valence electrons. The highest BCUT2D eigenvalue weighted by atomic mass is 35.5. The molecule has 1 N–H and O–H groups in total. The van der Waals surface area contributed by atoms with Gasteiger partial charge in [0.1, 0.15) is 10.8 Å². The van der Waals surface area contributed by atoms with Crippen LogP contribution in [0.5, 0.6) is 5.75 Å². The van der Waals surface area contributed by atoms with Crippen molar-refractivity contribution in [2.45, 2.75) is 9.92 Å². The number of phenols is 1. The molecule has 0 amide bonds. The maximum absolute atomic E-state index is 9.24. The lowest BCUT2D eigenvalue weighted by Crippen LogP contribution is -1.86. The van der Waals surface area contributed by atoms with Crippen LogP contribution in [0.25, 0.3) is 11.0 Å². The molecule has 1 aromatic heterocycles. The molecule has 2 aromatic carbocycles. The summed E-state index contributed by atoms with van der Waals surface area (Å²) in [6.07, 6.45) is 1.73. The third-order valence-corrected chi connectivity index (χ3v) is 3.69. The monoisotopic (exact) mass is 288 g/mol. The molecule has 5 heteroatoms. The minimum Gasteiger partial charge on any atom is -0.508 e. The van der Waals surface area contributed by atoms with Crippen molar-refractivity contribution < 1.29 is 5.11 Å². The Morgan fingerprint density at radius 1 is 1.00 bits per heavy atom. The number of hydrogen-bond acceptors (Lipinski definition) is 4. The third-order valence-electron chi connectivity index (χ3n) is 2.54. The standard InChI is InChI=1S/C14H9ClN2OS/c15-9-1-6-12-13(7-9)17-14(8-16-12)19-11-4-2-10(18)3-5-11/h1-8,18H. The summed E-state index contributed by atoms with van der Waals surface area (Å²) in [4.78, 5) is 9.85. The van der Waals surface area contributed by atoms with Gasteiger partial charge in [-0.15, -0.1) is 0 Å². The summed E-state index contributed by atoms with van der Waals surface area (Å²) in [6.45, 7) is 0. The number of aromatic nitrogens is 2. The first-order valence-electron chi connectivity index (χ1n) is 5.60. The second-order valence-electron chi connectivity index (χ2n) is 3.94. The number of fused-ring (bicyclic) bond motifs is 1. The number of nitrogens with zero attached hydrogens (tertiary/aromatic N) is 2. The summed E-state index contributed by atoms with van der Waals surface area (Å²) < 4.78 is 0. The zero-order valence-corrected chi connectivity index (χ0v) is 11.3. The lowest BCUT2D eigenvalue weighted by atomic mass is 10.3. The van der Waals surface area contributed by atoms with Crippen molar-refractivity contribution in [1.29, 1.82) is 0 Å². The van der Waals surface area contributed by atoms with Crippen molar-refractivity contribution in [2.24, 2.45) is 0 Å². The first-order valence-corrected chi connectivity index (χ1v) is 6.79. The lowest BCUT2D eigenvalue weighted by Gasteiger charge is -2.03. The second-order valence-corrected chi connectivity index (χ2v) is 5.47. The molecular weight excluding hydrogens is 280 g/mol. The second kappa shape index (κ2) is 5.07. The highest BCUT2D eigenvalue weighted by Gasteiger charge is 2.03. The van der Waals surface area contributed by atoms with Crippen LogP contribution in [0, 0.1) is 0 Å². The molecule has 0 radical (unpaired) electrons. The van der Waals surface area contributed by atoms with Crippen LogP contribution < -0.4 is 0 Å². The van der Waals surface area contributed by atoms with Gasteiger partial charge in [0, 0.05) is 9.92 Å². The van der Waals surface area contributed by atoms with Gasteiger partial charge in [0.15, 0.2) is 0 Å². The Labute approximate surface area is 119 Å². The Bertz CT molecular complexity index is 731. The van der Waals surface area contributed by atoms with Crippen molar-refractivity contribution in [3.63, 3.8) is 0 Å². The van der Waals surface area contributed by atoms with E-state index in [-0.39, 0.29) is 5.75 Å². The van der Waals surface area contributed by atoms with Gasteiger partial charge in [-0.05, 0) is 42.5 Å². The number of rotatable bonds is 2. The zero-order valence-electron chi connectivity index (χ0n) is 9.75. The lowest BCUT2D eigenvalue weighted by molar-refractivity contribution is 0.475. The Balaban J connectivity index is 1.94. The SMILES string of the molecule is Oc1ccc(Sc2cnc3ccc(Cl)cc3n2)cc1. The van der Waals surface area contributed by atoms with Gasteiger partial charge in [0.05, 0.1) is 17.2 Å². The Morgan fingerprint density at radius 3 is 2.58 bits per heavy atom.